The van der Waals surface area contributed by atoms with Gasteiger partial charge in [0.05, 0.1) is 19.1 Å². The Morgan fingerprint density at radius 3 is 2.87 bits per heavy atom. The second-order valence-electron chi connectivity index (χ2n) is 3.41. The zero-order valence-corrected chi connectivity index (χ0v) is 9.12. The number of nitrogens with zero attached hydrogens (tertiary/aromatic N) is 1. The summed E-state index contributed by atoms with van der Waals surface area (Å²) in [5.74, 6) is -0.521. The van der Waals surface area contributed by atoms with Crippen LogP contribution in [0.2, 0.25) is 0 Å². The number of hydrogen-bond donors (Lipinski definition) is 2. The minimum Gasteiger partial charge on any atom is -0.383 e. The molecule has 15 heavy (non-hydrogen) atoms. The van der Waals surface area contributed by atoms with Gasteiger partial charge in [0.15, 0.2) is 0 Å². The summed E-state index contributed by atoms with van der Waals surface area (Å²) in [5, 5.41) is 11.8. The Morgan fingerprint density at radius 1 is 1.73 bits per heavy atom. The highest BCUT2D eigenvalue weighted by Gasteiger charge is 2.19. The van der Waals surface area contributed by atoms with Crippen molar-refractivity contribution in [1.82, 2.24) is 5.32 Å². The summed E-state index contributed by atoms with van der Waals surface area (Å²) < 4.78 is 4.88. The van der Waals surface area contributed by atoms with Crippen LogP contribution in [0.4, 0.5) is 0 Å². The predicted molar refractivity (Wildman–Crippen MR) is 56.8 cm³/mol. The first kappa shape index (κ1) is 13.6. The summed E-state index contributed by atoms with van der Waals surface area (Å²) in [4.78, 5) is 10.6. The largest absolute Gasteiger partial charge is 0.383 e. The quantitative estimate of drug-likeness (QED) is 0.456. The first-order valence-electron chi connectivity index (χ1n) is 4.63. The monoisotopic (exact) mass is 211 g/mol. The number of carbonyl (C=O) groups is 1. The van der Waals surface area contributed by atoms with Crippen LogP contribution in [0.3, 0.4) is 0 Å². The molecule has 0 aromatic rings. The summed E-state index contributed by atoms with van der Waals surface area (Å²) >= 11 is 0. The van der Waals surface area contributed by atoms with Crippen LogP contribution in [0.1, 0.15) is 13.3 Å². The number of amides is 1. The van der Waals surface area contributed by atoms with Gasteiger partial charge in [-0.1, -0.05) is 6.08 Å². The van der Waals surface area contributed by atoms with Crippen LogP contribution in [0.25, 0.3) is 0 Å². The van der Waals surface area contributed by atoms with E-state index < -0.39 is 11.4 Å². The molecule has 0 saturated carbocycles. The molecule has 5 heteroatoms. The van der Waals surface area contributed by atoms with E-state index in [0.29, 0.717) is 13.2 Å². The lowest BCUT2D eigenvalue weighted by Gasteiger charge is -2.24. The Morgan fingerprint density at radius 2 is 2.40 bits per heavy atom. The molecule has 0 aliphatic heterocycles. The first-order valence-corrected chi connectivity index (χ1v) is 4.63. The van der Waals surface area contributed by atoms with Crippen molar-refractivity contribution in [1.29, 1.82) is 5.26 Å². The molecular formula is C10H17N3O2. The molecule has 84 valence electrons. The summed E-state index contributed by atoms with van der Waals surface area (Å²) in [6.07, 6.45) is 3.13. The first-order chi connectivity index (χ1) is 7.04. The SMILES string of the molecule is COCCNC(C)(C=CC(N)=O)CC#N. The van der Waals surface area contributed by atoms with Gasteiger partial charge in [0.2, 0.25) is 5.91 Å². The van der Waals surface area contributed by atoms with Gasteiger partial charge in [-0.25, -0.2) is 0 Å². The average molecular weight is 211 g/mol. The smallest absolute Gasteiger partial charge is 0.241 e. The molecule has 0 aromatic carbocycles. The number of rotatable bonds is 7. The molecule has 0 aliphatic rings. The van der Waals surface area contributed by atoms with Gasteiger partial charge in [0, 0.05) is 25.3 Å². The van der Waals surface area contributed by atoms with E-state index in [9.17, 15) is 4.79 Å². The van der Waals surface area contributed by atoms with Crippen LogP contribution in [0, 0.1) is 11.3 Å². The highest BCUT2D eigenvalue weighted by molar-refractivity contribution is 5.85. The van der Waals surface area contributed by atoms with Crippen molar-refractivity contribution in [2.45, 2.75) is 18.9 Å². The number of nitrogens with two attached hydrogens (primary N) is 1. The third-order valence-electron chi connectivity index (χ3n) is 1.90. The van der Waals surface area contributed by atoms with Gasteiger partial charge in [0.1, 0.15) is 0 Å². The molecule has 0 aromatic heterocycles. The Bertz CT molecular complexity index is 270. The second kappa shape index (κ2) is 6.98. The van der Waals surface area contributed by atoms with Gasteiger partial charge >= 0.3 is 0 Å². The number of nitriles is 1. The fraction of sp³-hybridized carbons (Fsp3) is 0.600. The van der Waals surface area contributed by atoms with E-state index in [0.717, 1.165) is 0 Å². The minimum absolute atomic E-state index is 0.264. The number of ether oxygens (including phenoxy) is 1. The molecule has 0 fully saturated rings. The molecule has 0 heterocycles. The van der Waals surface area contributed by atoms with Gasteiger partial charge in [-0.2, -0.15) is 5.26 Å². The molecule has 0 saturated heterocycles. The molecule has 0 rings (SSSR count). The van der Waals surface area contributed by atoms with Crippen LogP contribution in [0.5, 0.6) is 0 Å². The van der Waals surface area contributed by atoms with Crippen LogP contribution in [-0.4, -0.2) is 31.7 Å². The van der Waals surface area contributed by atoms with Crippen LogP contribution >= 0.6 is 0 Å². The Kier molecular flexibility index (Phi) is 6.34. The van der Waals surface area contributed by atoms with Crippen molar-refractivity contribution in [2.75, 3.05) is 20.3 Å². The van der Waals surface area contributed by atoms with Crippen molar-refractivity contribution in [3.05, 3.63) is 12.2 Å². The van der Waals surface area contributed by atoms with E-state index in [-0.39, 0.29) is 6.42 Å². The molecule has 1 unspecified atom stereocenters. The van der Waals surface area contributed by atoms with Crippen molar-refractivity contribution >= 4 is 5.91 Å². The zero-order chi connectivity index (χ0) is 11.7. The van der Waals surface area contributed by atoms with Gasteiger partial charge < -0.3 is 15.8 Å². The number of methoxy groups -OCH3 is 1. The van der Waals surface area contributed by atoms with Crippen LogP contribution in [0.15, 0.2) is 12.2 Å². The lowest BCUT2D eigenvalue weighted by Crippen LogP contribution is -2.42. The maximum absolute atomic E-state index is 10.6. The fourth-order valence-electron chi connectivity index (χ4n) is 1.05. The molecule has 0 bridgehead atoms. The predicted octanol–water partition coefficient (Wildman–Crippen LogP) is -0.0637. The molecule has 0 radical (unpaired) electrons. The molecule has 1 amide bonds. The van der Waals surface area contributed by atoms with Crippen molar-refractivity contribution < 1.29 is 9.53 Å². The Labute approximate surface area is 89.9 Å². The highest BCUT2D eigenvalue weighted by Crippen LogP contribution is 2.10. The fourth-order valence-corrected chi connectivity index (χ4v) is 1.05. The molecule has 5 nitrogen and oxygen atoms in total. The van der Waals surface area contributed by atoms with E-state index >= 15 is 0 Å². The van der Waals surface area contributed by atoms with Crippen molar-refractivity contribution in [3.8, 4) is 6.07 Å². The standard InChI is InChI=1S/C10H17N3O2/c1-10(5-6-11,4-3-9(12)14)13-7-8-15-2/h3-4,13H,5,7-8H2,1-2H3,(H2,12,14). The Balaban J connectivity index is 4.32. The second-order valence-corrected chi connectivity index (χ2v) is 3.41. The minimum atomic E-state index is -0.539. The van der Waals surface area contributed by atoms with E-state index in [1.165, 1.54) is 6.08 Å². The number of nitrogens with one attached hydrogen (secondary N) is 1. The summed E-state index contributed by atoms with van der Waals surface area (Å²) in [5.41, 5.74) is 4.45. The topological polar surface area (TPSA) is 88.1 Å². The normalized spacial score (nSPS) is 14.7. The average Bonchev–Trinajstić information content (AvgIpc) is 2.16. The lowest BCUT2D eigenvalue weighted by atomic mass is 9.98. The van der Waals surface area contributed by atoms with Gasteiger partial charge in [0.25, 0.3) is 0 Å². The molecular weight excluding hydrogens is 194 g/mol. The van der Waals surface area contributed by atoms with Gasteiger partial charge in [-0.05, 0) is 6.92 Å². The van der Waals surface area contributed by atoms with E-state index in [4.69, 9.17) is 15.7 Å². The molecule has 1 atom stereocenters. The van der Waals surface area contributed by atoms with E-state index in [1.54, 1.807) is 13.2 Å². The maximum atomic E-state index is 10.6. The number of primary amides is 1. The van der Waals surface area contributed by atoms with Crippen molar-refractivity contribution in [2.24, 2.45) is 5.73 Å². The zero-order valence-electron chi connectivity index (χ0n) is 9.12. The summed E-state index contributed by atoms with van der Waals surface area (Å²) in [6.45, 7) is 2.98. The lowest BCUT2D eigenvalue weighted by molar-refractivity contribution is -0.113. The van der Waals surface area contributed by atoms with Crippen LogP contribution < -0.4 is 11.1 Å². The maximum Gasteiger partial charge on any atom is 0.241 e. The summed E-state index contributed by atoms with van der Waals surface area (Å²) in [6, 6.07) is 2.05. The number of carbonyl (C=O) groups excluding carboxylic acids is 1. The third kappa shape index (κ3) is 6.66. The van der Waals surface area contributed by atoms with E-state index in [2.05, 4.69) is 11.4 Å². The van der Waals surface area contributed by atoms with Crippen molar-refractivity contribution in [3.63, 3.8) is 0 Å². The Hall–Kier alpha value is -1.38. The van der Waals surface area contributed by atoms with Crippen LogP contribution in [-0.2, 0) is 9.53 Å². The van der Waals surface area contributed by atoms with Gasteiger partial charge in [-0.3, -0.25) is 4.79 Å². The summed E-state index contributed by atoms with van der Waals surface area (Å²) in [7, 11) is 1.60. The van der Waals surface area contributed by atoms with E-state index in [1.807, 2.05) is 6.92 Å². The van der Waals surface area contributed by atoms with Gasteiger partial charge in [-0.15, -0.1) is 0 Å². The molecule has 3 N–H and O–H groups in total. The molecule has 0 aliphatic carbocycles. The number of hydrogen-bond acceptors (Lipinski definition) is 4. The molecule has 0 spiro atoms. The highest BCUT2D eigenvalue weighted by atomic mass is 16.5. The third-order valence-corrected chi connectivity index (χ3v) is 1.90.